The van der Waals surface area contributed by atoms with Crippen LogP contribution in [-0.4, -0.2) is 12.3 Å². The molecule has 0 aliphatic rings. The molecule has 0 N–H and O–H groups in total. The lowest BCUT2D eigenvalue weighted by Gasteiger charge is -2.04. The van der Waals surface area contributed by atoms with Crippen LogP contribution in [0.25, 0.3) is 0 Å². The maximum Gasteiger partial charge on any atom is 0.315 e. The molecule has 1 aromatic carbocycles. The molecule has 0 saturated carbocycles. The number of hydrogen-bond acceptors (Lipinski definition) is 3. The molecule has 0 fully saturated rings. The Labute approximate surface area is 82.0 Å². The number of hydrogen-bond donors (Lipinski definition) is 0. The number of benzene rings is 1. The van der Waals surface area contributed by atoms with Crippen molar-refractivity contribution in [2.75, 3.05) is 0 Å². The molecule has 0 bridgehead atoms. The van der Waals surface area contributed by atoms with Gasteiger partial charge in [0, 0.05) is 0 Å². The predicted octanol–water partition coefficient (Wildman–Crippen LogP) is 1.98. The van der Waals surface area contributed by atoms with Crippen LogP contribution in [0.5, 0.6) is 5.75 Å². The number of rotatable bonds is 4. The fourth-order valence-corrected chi connectivity index (χ4v) is 0.953. The highest BCUT2D eigenvalue weighted by atomic mass is 16.5. The van der Waals surface area contributed by atoms with Crippen LogP contribution in [0.1, 0.15) is 16.8 Å². The second-order valence-corrected chi connectivity index (χ2v) is 2.62. The third-order valence-corrected chi connectivity index (χ3v) is 1.58. The molecule has 0 amide bonds. The zero-order chi connectivity index (χ0) is 10.4. The smallest absolute Gasteiger partial charge is 0.315 e. The third-order valence-electron chi connectivity index (χ3n) is 1.58. The molecule has 0 radical (unpaired) electrons. The van der Waals surface area contributed by atoms with Crippen LogP contribution in [0, 0.1) is 0 Å². The molecule has 14 heavy (non-hydrogen) atoms. The minimum absolute atomic E-state index is 0.132. The fraction of sp³-hybridized carbons (Fsp3) is 0.0909. The predicted molar refractivity (Wildman–Crippen MR) is 52.3 cm³/mol. The maximum atomic E-state index is 11.1. The Kier molecular flexibility index (Phi) is 3.61. The van der Waals surface area contributed by atoms with Gasteiger partial charge >= 0.3 is 5.97 Å². The molecule has 0 spiro atoms. The molecule has 72 valence electrons. The molecular formula is C11H10O3. The Morgan fingerprint density at radius 3 is 2.79 bits per heavy atom. The molecule has 0 aliphatic carbocycles. The van der Waals surface area contributed by atoms with Crippen molar-refractivity contribution in [1.29, 1.82) is 0 Å². The van der Waals surface area contributed by atoms with E-state index in [1.54, 1.807) is 24.3 Å². The van der Waals surface area contributed by atoms with Gasteiger partial charge < -0.3 is 4.74 Å². The zero-order valence-electron chi connectivity index (χ0n) is 7.60. The summed E-state index contributed by atoms with van der Waals surface area (Å²) in [7, 11) is 0. The number of carbonyl (C=O) groups excluding carboxylic acids is 2. The van der Waals surface area contributed by atoms with Crippen molar-refractivity contribution in [3.8, 4) is 5.75 Å². The summed E-state index contributed by atoms with van der Waals surface area (Å²) in [5, 5.41) is 0. The van der Waals surface area contributed by atoms with Gasteiger partial charge in [0.05, 0.1) is 12.0 Å². The van der Waals surface area contributed by atoms with Crippen molar-refractivity contribution < 1.29 is 14.3 Å². The summed E-state index contributed by atoms with van der Waals surface area (Å²) in [5.41, 5.74) is 0.366. The maximum absolute atomic E-state index is 11.1. The van der Waals surface area contributed by atoms with E-state index in [4.69, 9.17) is 4.74 Å². The van der Waals surface area contributed by atoms with E-state index in [-0.39, 0.29) is 12.2 Å². The molecule has 3 heteroatoms. The van der Waals surface area contributed by atoms with Gasteiger partial charge in [0.25, 0.3) is 0 Å². The summed E-state index contributed by atoms with van der Waals surface area (Å²) in [4.78, 5) is 21.6. The summed E-state index contributed by atoms with van der Waals surface area (Å²) in [6.07, 6.45) is 2.23. The minimum Gasteiger partial charge on any atom is -0.426 e. The van der Waals surface area contributed by atoms with E-state index in [0.29, 0.717) is 11.8 Å². The van der Waals surface area contributed by atoms with Crippen molar-refractivity contribution in [2.45, 2.75) is 6.42 Å². The first-order valence-electron chi connectivity index (χ1n) is 4.13. The largest absolute Gasteiger partial charge is 0.426 e. The van der Waals surface area contributed by atoms with E-state index in [0.717, 1.165) is 0 Å². The monoisotopic (exact) mass is 190 g/mol. The average molecular weight is 190 g/mol. The second-order valence-electron chi connectivity index (χ2n) is 2.62. The van der Waals surface area contributed by atoms with Gasteiger partial charge in [-0.3, -0.25) is 9.59 Å². The highest BCUT2D eigenvalue weighted by Crippen LogP contribution is 2.16. The quantitative estimate of drug-likeness (QED) is 0.315. The standard InChI is InChI=1S/C11H10O3/c1-2-5-11(13)14-10-7-4-3-6-9(10)8-12/h2-4,6-8H,1,5H2. The average Bonchev–Trinajstić information content (AvgIpc) is 2.19. The van der Waals surface area contributed by atoms with Gasteiger partial charge in [0.1, 0.15) is 5.75 Å². The molecule has 0 heterocycles. The molecule has 0 atom stereocenters. The number of esters is 1. The van der Waals surface area contributed by atoms with Crippen molar-refractivity contribution in [3.05, 3.63) is 42.5 Å². The first kappa shape index (κ1) is 10.2. The van der Waals surface area contributed by atoms with Gasteiger partial charge in [-0.25, -0.2) is 0 Å². The van der Waals surface area contributed by atoms with Crippen LogP contribution in [0.4, 0.5) is 0 Å². The molecule has 0 aliphatic heterocycles. The fourth-order valence-electron chi connectivity index (χ4n) is 0.953. The Morgan fingerprint density at radius 2 is 2.14 bits per heavy atom. The van der Waals surface area contributed by atoms with Gasteiger partial charge in [-0.1, -0.05) is 18.2 Å². The zero-order valence-corrected chi connectivity index (χ0v) is 7.60. The van der Waals surface area contributed by atoms with E-state index < -0.39 is 5.97 Å². The summed E-state index contributed by atoms with van der Waals surface area (Å²) >= 11 is 0. The normalized spacial score (nSPS) is 9.14. The first-order valence-corrected chi connectivity index (χ1v) is 4.13. The molecular weight excluding hydrogens is 180 g/mol. The summed E-state index contributed by atoms with van der Waals surface area (Å²) in [6, 6.07) is 6.56. The first-order chi connectivity index (χ1) is 6.77. The lowest BCUT2D eigenvalue weighted by molar-refractivity contribution is -0.133. The Bertz CT molecular complexity index is 355. The van der Waals surface area contributed by atoms with Gasteiger partial charge in [-0.05, 0) is 12.1 Å². The number of ether oxygens (including phenoxy) is 1. The van der Waals surface area contributed by atoms with Crippen LogP contribution >= 0.6 is 0 Å². The number of aldehydes is 1. The van der Waals surface area contributed by atoms with E-state index in [9.17, 15) is 9.59 Å². The highest BCUT2D eigenvalue weighted by molar-refractivity contribution is 5.82. The Balaban J connectivity index is 2.79. The molecule has 1 aromatic rings. The lowest BCUT2D eigenvalue weighted by atomic mass is 10.2. The summed E-state index contributed by atoms with van der Waals surface area (Å²) in [5.74, 6) is -0.136. The summed E-state index contributed by atoms with van der Waals surface area (Å²) < 4.78 is 4.94. The second kappa shape index (κ2) is 4.97. The molecule has 3 nitrogen and oxygen atoms in total. The summed E-state index contributed by atoms with van der Waals surface area (Å²) in [6.45, 7) is 3.41. The van der Waals surface area contributed by atoms with Crippen LogP contribution in [-0.2, 0) is 4.79 Å². The molecule has 1 rings (SSSR count). The number of carbonyl (C=O) groups is 2. The van der Waals surface area contributed by atoms with E-state index >= 15 is 0 Å². The van der Waals surface area contributed by atoms with Crippen molar-refractivity contribution in [2.24, 2.45) is 0 Å². The highest BCUT2D eigenvalue weighted by Gasteiger charge is 2.05. The van der Waals surface area contributed by atoms with Crippen LogP contribution in [0.2, 0.25) is 0 Å². The van der Waals surface area contributed by atoms with Crippen molar-refractivity contribution >= 4 is 12.3 Å². The van der Waals surface area contributed by atoms with E-state index in [1.165, 1.54) is 6.08 Å². The van der Waals surface area contributed by atoms with Crippen molar-refractivity contribution in [3.63, 3.8) is 0 Å². The van der Waals surface area contributed by atoms with Crippen LogP contribution in [0.3, 0.4) is 0 Å². The van der Waals surface area contributed by atoms with Gasteiger partial charge in [-0.15, -0.1) is 6.58 Å². The van der Waals surface area contributed by atoms with E-state index in [2.05, 4.69) is 6.58 Å². The SMILES string of the molecule is C=CCC(=O)Oc1ccccc1C=O. The van der Waals surface area contributed by atoms with Gasteiger partial charge in [0.2, 0.25) is 0 Å². The Hall–Kier alpha value is -1.90. The topological polar surface area (TPSA) is 43.4 Å². The molecule has 0 saturated heterocycles. The van der Waals surface area contributed by atoms with Gasteiger partial charge in [0.15, 0.2) is 6.29 Å². The minimum atomic E-state index is -0.422. The van der Waals surface area contributed by atoms with Crippen LogP contribution in [0.15, 0.2) is 36.9 Å². The van der Waals surface area contributed by atoms with Gasteiger partial charge in [-0.2, -0.15) is 0 Å². The third kappa shape index (κ3) is 2.55. The lowest BCUT2D eigenvalue weighted by Crippen LogP contribution is -2.07. The van der Waals surface area contributed by atoms with Crippen LogP contribution < -0.4 is 4.74 Å². The van der Waals surface area contributed by atoms with E-state index in [1.807, 2.05) is 0 Å². The van der Waals surface area contributed by atoms with Crippen molar-refractivity contribution in [1.82, 2.24) is 0 Å². The Morgan fingerprint density at radius 1 is 1.43 bits per heavy atom. The molecule has 0 unspecified atom stereocenters. The number of para-hydroxylation sites is 1. The molecule has 0 aromatic heterocycles.